The molecule has 2 aromatic carbocycles. The Hall–Kier alpha value is -2.15. The Morgan fingerprint density at radius 3 is 2.44 bits per heavy atom. The molecular formula is C21H26N4OS. The molecule has 5 nitrogen and oxygen atoms in total. The average molecular weight is 383 g/mol. The van der Waals surface area contributed by atoms with Gasteiger partial charge in [0.05, 0.1) is 12.8 Å². The maximum absolute atomic E-state index is 12.1. The first-order valence-corrected chi connectivity index (χ1v) is 10.4. The van der Waals surface area contributed by atoms with Crippen LogP contribution in [0.2, 0.25) is 0 Å². The van der Waals surface area contributed by atoms with Gasteiger partial charge in [-0.2, -0.15) is 5.10 Å². The van der Waals surface area contributed by atoms with Crippen LogP contribution in [-0.2, 0) is 11.3 Å². The van der Waals surface area contributed by atoms with Crippen molar-refractivity contribution in [2.75, 3.05) is 39.0 Å². The Morgan fingerprint density at radius 1 is 1.04 bits per heavy atom. The predicted octanol–water partition coefficient (Wildman–Crippen LogP) is 2.68. The lowest BCUT2D eigenvalue weighted by Crippen LogP contribution is -2.48. The van der Waals surface area contributed by atoms with Crippen LogP contribution in [0.4, 0.5) is 0 Å². The van der Waals surface area contributed by atoms with Crippen molar-refractivity contribution in [3.63, 3.8) is 0 Å². The molecule has 1 fully saturated rings. The highest BCUT2D eigenvalue weighted by atomic mass is 32.2. The fourth-order valence-corrected chi connectivity index (χ4v) is 3.70. The Bertz CT molecular complexity index is 758. The van der Waals surface area contributed by atoms with Crippen molar-refractivity contribution in [1.29, 1.82) is 0 Å². The van der Waals surface area contributed by atoms with Crippen LogP contribution in [-0.4, -0.2) is 60.9 Å². The van der Waals surface area contributed by atoms with Gasteiger partial charge < -0.3 is 0 Å². The van der Waals surface area contributed by atoms with E-state index in [-0.39, 0.29) is 5.91 Å². The van der Waals surface area contributed by atoms with E-state index in [1.807, 2.05) is 36.6 Å². The molecule has 0 aromatic heterocycles. The lowest BCUT2D eigenvalue weighted by Gasteiger charge is -2.34. The molecule has 3 rings (SSSR count). The minimum atomic E-state index is -0.0654. The Balaban J connectivity index is 1.40. The number of nitrogens with zero attached hydrogens (tertiary/aromatic N) is 3. The quantitative estimate of drug-likeness (QED) is 0.454. The normalized spacial score (nSPS) is 15.9. The summed E-state index contributed by atoms with van der Waals surface area (Å²) in [7, 11) is 0. The summed E-state index contributed by atoms with van der Waals surface area (Å²) in [6.45, 7) is 5.12. The summed E-state index contributed by atoms with van der Waals surface area (Å²) in [4.78, 5) is 17.9. The Kier molecular flexibility index (Phi) is 7.45. The van der Waals surface area contributed by atoms with Crippen LogP contribution in [0.15, 0.2) is 64.6 Å². The first-order chi connectivity index (χ1) is 13.2. The van der Waals surface area contributed by atoms with E-state index in [1.165, 1.54) is 5.56 Å². The number of rotatable bonds is 7. The lowest BCUT2D eigenvalue weighted by atomic mass is 10.2. The number of piperazine rings is 1. The van der Waals surface area contributed by atoms with Crippen molar-refractivity contribution in [3.05, 3.63) is 65.7 Å². The van der Waals surface area contributed by atoms with Gasteiger partial charge in [-0.3, -0.25) is 14.6 Å². The molecule has 0 aliphatic carbocycles. The standard InChI is InChI=1S/C21H26N4OS/c1-27-20-10-6-5-9-19(20)15-22-23-21(26)17-25-13-11-24(12-14-25)16-18-7-3-2-4-8-18/h2-10,15H,11-14,16-17H2,1H3,(H,23,26)/b22-15+. The van der Waals surface area contributed by atoms with Gasteiger partial charge in [0.2, 0.25) is 0 Å². The minimum Gasteiger partial charge on any atom is -0.297 e. The monoisotopic (exact) mass is 382 g/mol. The van der Waals surface area contributed by atoms with Gasteiger partial charge in [0, 0.05) is 43.2 Å². The third kappa shape index (κ3) is 6.20. The third-order valence-electron chi connectivity index (χ3n) is 4.61. The molecule has 0 atom stereocenters. The molecule has 0 saturated carbocycles. The molecular weight excluding hydrogens is 356 g/mol. The topological polar surface area (TPSA) is 47.9 Å². The average Bonchev–Trinajstić information content (AvgIpc) is 2.71. The molecule has 1 heterocycles. The van der Waals surface area contributed by atoms with Crippen molar-refractivity contribution >= 4 is 23.9 Å². The molecule has 6 heteroatoms. The number of benzene rings is 2. The summed E-state index contributed by atoms with van der Waals surface area (Å²) in [5.41, 5.74) is 5.00. The number of thioether (sulfide) groups is 1. The highest BCUT2D eigenvalue weighted by molar-refractivity contribution is 7.98. The maximum atomic E-state index is 12.1. The van der Waals surface area contributed by atoms with E-state index < -0.39 is 0 Å². The highest BCUT2D eigenvalue weighted by Crippen LogP contribution is 2.17. The van der Waals surface area contributed by atoms with Gasteiger partial charge in [-0.25, -0.2) is 5.43 Å². The van der Waals surface area contributed by atoms with Gasteiger partial charge in [-0.15, -0.1) is 11.8 Å². The van der Waals surface area contributed by atoms with Gasteiger partial charge in [0.15, 0.2) is 0 Å². The fraction of sp³-hybridized carbons (Fsp3) is 0.333. The van der Waals surface area contributed by atoms with Gasteiger partial charge in [-0.05, 0) is 17.9 Å². The number of hydrazone groups is 1. The van der Waals surface area contributed by atoms with Crippen molar-refractivity contribution in [2.24, 2.45) is 5.10 Å². The first-order valence-electron chi connectivity index (χ1n) is 9.18. The van der Waals surface area contributed by atoms with Crippen LogP contribution >= 0.6 is 11.8 Å². The highest BCUT2D eigenvalue weighted by Gasteiger charge is 2.18. The van der Waals surface area contributed by atoms with Crippen LogP contribution in [0.3, 0.4) is 0 Å². The Labute approximate surface area is 165 Å². The van der Waals surface area contributed by atoms with Crippen molar-refractivity contribution in [1.82, 2.24) is 15.2 Å². The number of hydrogen-bond donors (Lipinski definition) is 1. The zero-order chi connectivity index (χ0) is 18.9. The molecule has 0 unspecified atom stereocenters. The first kappa shape index (κ1) is 19.6. The van der Waals surface area contributed by atoms with Crippen LogP contribution in [0.5, 0.6) is 0 Å². The summed E-state index contributed by atoms with van der Waals surface area (Å²) in [5, 5.41) is 4.11. The van der Waals surface area contributed by atoms with E-state index in [1.54, 1.807) is 18.0 Å². The molecule has 0 spiro atoms. The van der Waals surface area contributed by atoms with Crippen LogP contribution in [0.25, 0.3) is 0 Å². The smallest absolute Gasteiger partial charge is 0.254 e. The second-order valence-electron chi connectivity index (χ2n) is 6.57. The lowest BCUT2D eigenvalue weighted by molar-refractivity contribution is -0.122. The van der Waals surface area contributed by atoms with E-state index in [2.05, 4.69) is 44.6 Å². The molecule has 0 bridgehead atoms. The van der Waals surface area contributed by atoms with Crippen LogP contribution in [0, 0.1) is 0 Å². The molecule has 2 aromatic rings. The van der Waals surface area contributed by atoms with Crippen molar-refractivity contribution in [3.8, 4) is 0 Å². The van der Waals surface area contributed by atoms with E-state index in [0.29, 0.717) is 6.54 Å². The summed E-state index contributed by atoms with van der Waals surface area (Å²) in [6, 6.07) is 18.5. The second-order valence-corrected chi connectivity index (χ2v) is 7.42. The molecule has 27 heavy (non-hydrogen) atoms. The Morgan fingerprint density at radius 2 is 1.70 bits per heavy atom. The molecule has 1 N–H and O–H groups in total. The van der Waals surface area contributed by atoms with Crippen LogP contribution < -0.4 is 5.43 Å². The van der Waals surface area contributed by atoms with Gasteiger partial charge in [-0.1, -0.05) is 48.5 Å². The summed E-state index contributed by atoms with van der Waals surface area (Å²) in [5.74, 6) is -0.0654. The predicted molar refractivity (Wildman–Crippen MR) is 112 cm³/mol. The summed E-state index contributed by atoms with van der Waals surface area (Å²) in [6.07, 6.45) is 3.74. The number of hydrogen-bond acceptors (Lipinski definition) is 5. The SMILES string of the molecule is CSc1ccccc1/C=N/NC(=O)CN1CCN(Cc2ccccc2)CC1. The molecule has 1 aliphatic heterocycles. The zero-order valence-electron chi connectivity index (χ0n) is 15.7. The van der Waals surface area contributed by atoms with Gasteiger partial charge in [0.25, 0.3) is 5.91 Å². The maximum Gasteiger partial charge on any atom is 0.254 e. The minimum absolute atomic E-state index is 0.0654. The number of amides is 1. The van der Waals surface area contributed by atoms with E-state index >= 15 is 0 Å². The molecule has 1 saturated heterocycles. The van der Waals surface area contributed by atoms with E-state index in [4.69, 9.17) is 0 Å². The molecule has 1 amide bonds. The number of carbonyl (C=O) groups is 1. The van der Waals surface area contributed by atoms with Gasteiger partial charge >= 0.3 is 0 Å². The van der Waals surface area contributed by atoms with Crippen LogP contribution in [0.1, 0.15) is 11.1 Å². The van der Waals surface area contributed by atoms with Crippen molar-refractivity contribution in [2.45, 2.75) is 11.4 Å². The van der Waals surface area contributed by atoms with E-state index in [9.17, 15) is 4.79 Å². The van der Waals surface area contributed by atoms with Crippen molar-refractivity contribution < 1.29 is 4.79 Å². The molecule has 142 valence electrons. The number of nitrogens with one attached hydrogen (secondary N) is 1. The third-order valence-corrected chi connectivity index (χ3v) is 5.42. The zero-order valence-corrected chi connectivity index (χ0v) is 16.5. The molecule has 1 aliphatic rings. The second kappa shape index (κ2) is 10.3. The number of carbonyl (C=O) groups excluding carboxylic acids is 1. The summed E-state index contributed by atoms with van der Waals surface area (Å²) >= 11 is 1.67. The van der Waals surface area contributed by atoms with Gasteiger partial charge in [0.1, 0.15) is 0 Å². The van der Waals surface area contributed by atoms with E-state index in [0.717, 1.165) is 43.2 Å². The molecule has 0 radical (unpaired) electrons. The largest absolute Gasteiger partial charge is 0.297 e. The fourth-order valence-electron chi connectivity index (χ4n) is 3.13. The summed E-state index contributed by atoms with van der Waals surface area (Å²) < 4.78 is 0.